The third kappa shape index (κ3) is 4.05. The van der Waals surface area contributed by atoms with Crippen molar-refractivity contribution in [3.63, 3.8) is 0 Å². The van der Waals surface area contributed by atoms with Gasteiger partial charge in [0.15, 0.2) is 0 Å². The highest BCUT2D eigenvalue weighted by molar-refractivity contribution is 5.86. The lowest BCUT2D eigenvalue weighted by molar-refractivity contribution is -0.144. The Morgan fingerprint density at radius 3 is 2.67 bits per heavy atom. The molecule has 1 aliphatic rings. The molecule has 1 heterocycles. The van der Waals surface area contributed by atoms with E-state index in [1.165, 1.54) is 7.11 Å². The zero-order valence-electron chi connectivity index (χ0n) is 8.91. The van der Waals surface area contributed by atoms with Crippen molar-refractivity contribution in [1.82, 2.24) is 10.6 Å². The third-order valence-electron chi connectivity index (χ3n) is 2.34. The van der Waals surface area contributed by atoms with Crippen molar-refractivity contribution in [2.75, 3.05) is 20.2 Å². The summed E-state index contributed by atoms with van der Waals surface area (Å²) in [4.78, 5) is 22.5. The van der Waals surface area contributed by atoms with Crippen LogP contribution in [-0.4, -0.2) is 38.1 Å². The standard InChI is InChI=1S/C9H16N2O3.ClH/c1-6(9(13)14-2)11-8(12)7-3-4-10-5-7;/h6-7,10H,3-5H2,1-2H3,(H,11,12);1H/t6-,7-;/m1./s1. The van der Waals surface area contributed by atoms with E-state index in [2.05, 4.69) is 15.4 Å². The predicted molar refractivity (Wildman–Crippen MR) is 57.8 cm³/mol. The molecule has 0 saturated carbocycles. The number of hydrogen-bond acceptors (Lipinski definition) is 4. The van der Waals surface area contributed by atoms with E-state index in [0.717, 1.165) is 13.0 Å². The highest BCUT2D eigenvalue weighted by Gasteiger charge is 2.25. The maximum absolute atomic E-state index is 11.5. The van der Waals surface area contributed by atoms with Gasteiger partial charge in [0.1, 0.15) is 6.04 Å². The highest BCUT2D eigenvalue weighted by atomic mass is 35.5. The summed E-state index contributed by atoms with van der Waals surface area (Å²) in [6.07, 6.45) is 0.833. The first-order chi connectivity index (χ1) is 6.65. The molecule has 0 aromatic heterocycles. The quantitative estimate of drug-likeness (QED) is 0.660. The molecule has 1 fully saturated rings. The molecule has 1 saturated heterocycles. The SMILES string of the molecule is COC(=O)[C@@H](C)NC(=O)[C@@H]1CCNC1.Cl. The van der Waals surface area contributed by atoms with E-state index in [4.69, 9.17) is 0 Å². The fourth-order valence-electron chi connectivity index (χ4n) is 1.45. The number of halogens is 1. The molecule has 2 N–H and O–H groups in total. The van der Waals surface area contributed by atoms with E-state index in [1.54, 1.807) is 6.92 Å². The Morgan fingerprint density at radius 2 is 2.20 bits per heavy atom. The van der Waals surface area contributed by atoms with Gasteiger partial charge < -0.3 is 15.4 Å². The fraction of sp³-hybridized carbons (Fsp3) is 0.778. The zero-order valence-corrected chi connectivity index (χ0v) is 9.73. The van der Waals surface area contributed by atoms with Crippen LogP contribution in [0.25, 0.3) is 0 Å². The number of amides is 1. The first kappa shape index (κ1) is 14.2. The Kier molecular flexibility index (Phi) is 6.27. The number of carbonyl (C=O) groups excluding carboxylic acids is 2. The molecule has 0 spiro atoms. The maximum atomic E-state index is 11.5. The number of hydrogen-bond donors (Lipinski definition) is 2. The van der Waals surface area contributed by atoms with Crippen molar-refractivity contribution in [3.8, 4) is 0 Å². The van der Waals surface area contributed by atoms with Crippen LogP contribution in [-0.2, 0) is 14.3 Å². The molecule has 1 rings (SSSR count). The summed E-state index contributed by atoms with van der Waals surface area (Å²) in [6.45, 7) is 3.18. The van der Waals surface area contributed by atoms with Gasteiger partial charge in [-0.05, 0) is 19.9 Å². The van der Waals surface area contributed by atoms with Crippen molar-refractivity contribution < 1.29 is 14.3 Å². The van der Waals surface area contributed by atoms with Crippen LogP contribution in [0.5, 0.6) is 0 Å². The average Bonchev–Trinajstić information content (AvgIpc) is 2.69. The van der Waals surface area contributed by atoms with Crippen molar-refractivity contribution in [2.45, 2.75) is 19.4 Å². The summed E-state index contributed by atoms with van der Waals surface area (Å²) in [7, 11) is 1.31. The summed E-state index contributed by atoms with van der Waals surface area (Å²) >= 11 is 0. The lowest BCUT2D eigenvalue weighted by Crippen LogP contribution is -2.42. The van der Waals surface area contributed by atoms with Crippen molar-refractivity contribution in [1.29, 1.82) is 0 Å². The second-order valence-electron chi connectivity index (χ2n) is 3.44. The molecule has 5 nitrogen and oxygen atoms in total. The smallest absolute Gasteiger partial charge is 0.328 e. The van der Waals surface area contributed by atoms with Crippen molar-refractivity contribution in [3.05, 3.63) is 0 Å². The Labute approximate surface area is 95.3 Å². The number of methoxy groups -OCH3 is 1. The fourth-order valence-corrected chi connectivity index (χ4v) is 1.45. The number of carbonyl (C=O) groups is 2. The van der Waals surface area contributed by atoms with E-state index in [0.29, 0.717) is 6.54 Å². The maximum Gasteiger partial charge on any atom is 0.328 e. The van der Waals surface area contributed by atoms with Gasteiger partial charge in [-0.3, -0.25) is 4.79 Å². The van der Waals surface area contributed by atoms with Crippen LogP contribution in [0.1, 0.15) is 13.3 Å². The van der Waals surface area contributed by atoms with Crippen LogP contribution in [0.3, 0.4) is 0 Å². The molecule has 0 aromatic rings. The number of rotatable bonds is 3. The van der Waals surface area contributed by atoms with E-state index < -0.39 is 12.0 Å². The summed E-state index contributed by atoms with van der Waals surface area (Å²) in [5, 5.41) is 5.71. The highest BCUT2D eigenvalue weighted by Crippen LogP contribution is 2.07. The lowest BCUT2D eigenvalue weighted by Gasteiger charge is -2.14. The van der Waals surface area contributed by atoms with Crippen LogP contribution in [0.4, 0.5) is 0 Å². The topological polar surface area (TPSA) is 67.4 Å². The van der Waals surface area contributed by atoms with Crippen molar-refractivity contribution >= 4 is 24.3 Å². The second-order valence-corrected chi connectivity index (χ2v) is 3.44. The molecule has 0 aromatic carbocycles. The number of ether oxygens (including phenoxy) is 1. The van der Waals surface area contributed by atoms with Crippen LogP contribution in [0.15, 0.2) is 0 Å². The van der Waals surface area contributed by atoms with Gasteiger partial charge in [0.25, 0.3) is 0 Å². The van der Waals surface area contributed by atoms with Gasteiger partial charge in [0, 0.05) is 6.54 Å². The predicted octanol–water partition coefficient (Wildman–Crippen LogP) is -0.305. The summed E-state index contributed by atoms with van der Waals surface area (Å²) in [5.74, 6) is -0.501. The van der Waals surface area contributed by atoms with E-state index in [9.17, 15) is 9.59 Å². The molecule has 0 unspecified atom stereocenters. The Bertz CT molecular complexity index is 229. The molecule has 1 aliphatic heterocycles. The van der Waals surface area contributed by atoms with Gasteiger partial charge in [-0.15, -0.1) is 12.4 Å². The van der Waals surface area contributed by atoms with E-state index >= 15 is 0 Å². The minimum absolute atomic E-state index is 0. The molecule has 0 bridgehead atoms. The molecule has 88 valence electrons. The van der Waals surface area contributed by atoms with E-state index in [1.807, 2.05) is 0 Å². The Morgan fingerprint density at radius 1 is 1.53 bits per heavy atom. The second kappa shape index (κ2) is 6.63. The van der Waals surface area contributed by atoms with Crippen LogP contribution in [0, 0.1) is 5.92 Å². The molecule has 6 heteroatoms. The third-order valence-corrected chi connectivity index (χ3v) is 2.34. The molecule has 15 heavy (non-hydrogen) atoms. The molecule has 2 atom stereocenters. The molecule has 0 radical (unpaired) electrons. The van der Waals surface area contributed by atoms with E-state index in [-0.39, 0.29) is 24.2 Å². The largest absolute Gasteiger partial charge is 0.467 e. The van der Waals surface area contributed by atoms with Gasteiger partial charge in [-0.1, -0.05) is 0 Å². The van der Waals surface area contributed by atoms with Crippen LogP contribution >= 0.6 is 12.4 Å². The number of esters is 1. The van der Waals surface area contributed by atoms with Gasteiger partial charge in [-0.25, -0.2) is 4.79 Å². The van der Waals surface area contributed by atoms with Crippen LogP contribution < -0.4 is 10.6 Å². The van der Waals surface area contributed by atoms with Gasteiger partial charge in [0.05, 0.1) is 13.0 Å². The molecule has 0 aliphatic carbocycles. The Hall–Kier alpha value is -0.810. The number of nitrogens with one attached hydrogen (secondary N) is 2. The molecular weight excluding hydrogens is 220 g/mol. The molecular formula is C9H17ClN2O3. The average molecular weight is 237 g/mol. The molecule has 1 amide bonds. The minimum atomic E-state index is -0.562. The first-order valence-electron chi connectivity index (χ1n) is 4.74. The summed E-state index contributed by atoms with van der Waals surface area (Å²) in [5.41, 5.74) is 0. The zero-order chi connectivity index (χ0) is 10.6. The lowest BCUT2D eigenvalue weighted by atomic mass is 10.1. The van der Waals surface area contributed by atoms with Crippen molar-refractivity contribution in [2.24, 2.45) is 5.92 Å². The van der Waals surface area contributed by atoms with Gasteiger partial charge in [0.2, 0.25) is 5.91 Å². The summed E-state index contributed by atoms with van der Waals surface area (Å²) in [6, 6.07) is -0.562. The van der Waals surface area contributed by atoms with Gasteiger partial charge in [-0.2, -0.15) is 0 Å². The summed E-state index contributed by atoms with van der Waals surface area (Å²) < 4.78 is 4.51. The monoisotopic (exact) mass is 236 g/mol. The Balaban J connectivity index is 0.00000196. The first-order valence-corrected chi connectivity index (χ1v) is 4.74. The minimum Gasteiger partial charge on any atom is -0.467 e. The van der Waals surface area contributed by atoms with Gasteiger partial charge >= 0.3 is 5.97 Å². The normalized spacial score (nSPS) is 21.3. The van der Waals surface area contributed by atoms with Crippen LogP contribution in [0.2, 0.25) is 0 Å².